The maximum Gasteiger partial charge on any atom is 0.141 e. The summed E-state index contributed by atoms with van der Waals surface area (Å²) in [6.45, 7) is 15.8. The van der Waals surface area contributed by atoms with Gasteiger partial charge in [0.2, 0.25) is 0 Å². The smallest absolute Gasteiger partial charge is 0.141 e. The molecule has 32 heavy (non-hydrogen) atoms. The van der Waals surface area contributed by atoms with Crippen molar-refractivity contribution in [1.82, 2.24) is 0 Å². The predicted octanol–water partition coefficient (Wildman–Crippen LogP) is 8.11. The number of hydrogen-bond acceptors (Lipinski definition) is 2. The maximum atomic E-state index is 12.4. The van der Waals surface area contributed by atoms with Gasteiger partial charge in [-0.3, -0.25) is 4.79 Å². The Kier molecular flexibility index (Phi) is 8.33. The van der Waals surface area contributed by atoms with Gasteiger partial charge in [0.25, 0.3) is 0 Å². The second kappa shape index (κ2) is 10.8. The molecule has 0 spiro atoms. The van der Waals surface area contributed by atoms with E-state index in [9.17, 15) is 4.79 Å². The van der Waals surface area contributed by atoms with Gasteiger partial charge in [-0.1, -0.05) is 84.0 Å². The van der Waals surface area contributed by atoms with E-state index in [-0.39, 0.29) is 18.1 Å². The van der Waals surface area contributed by atoms with Gasteiger partial charge in [-0.15, -0.1) is 0 Å². The summed E-state index contributed by atoms with van der Waals surface area (Å²) in [5, 5.41) is 0. The van der Waals surface area contributed by atoms with Crippen molar-refractivity contribution in [2.45, 2.75) is 104 Å². The zero-order valence-electron chi connectivity index (χ0n) is 21.2. The minimum absolute atomic E-state index is 0.000681. The molecule has 0 aromatic heterocycles. The van der Waals surface area contributed by atoms with Crippen LogP contribution >= 0.6 is 0 Å². The average molecular weight is 435 g/mol. The Bertz CT molecular complexity index is 865. The molecular weight excluding hydrogens is 392 g/mol. The molecule has 0 aliphatic heterocycles. The summed E-state index contributed by atoms with van der Waals surface area (Å²) in [6.07, 6.45) is 3.60. The van der Waals surface area contributed by atoms with E-state index in [4.69, 9.17) is 4.74 Å². The summed E-state index contributed by atoms with van der Waals surface area (Å²) in [7, 11) is 0. The third-order valence-corrected chi connectivity index (χ3v) is 7.05. The van der Waals surface area contributed by atoms with E-state index in [1.54, 1.807) is 0 Å². The molecule has 0 unspecified atom stereocenters. The topological polar surface area (TPSA) is 26.3 Å². The standard InChI is InChI=1S/C30H42O2/c1-19(2)24-16-26(20(3)4)30(27(17-24)21(5)6)22(7)32-29-18-28(31)25(29)15-11-14-23-12-9-8-10-13-23/h8-10,12-13,16-17,19-22,25,29H,11,14-15,18H2,1-7H3/t22-,25-,29+/m0/s1. The van der Waals surface area contributed by atoms with Crippen molar-refractivity contribution in [2.75, 3.05) is 0 Å². The van der Waals surface area contributed by atoms with Crippen molar-refractivity contribution in [3.05, 3.63) is 70.3 Å². The van der Waals surface area contributed by atoms with E-state index in [1.807, 2.05) is 0 Å². The van der Waals surface area contributed by atoms with Gasteiger partial charge in [0.05, 0.1) is 12.2 Å². The number of ketones is 1. The average Bonchev–Trinajstić information content (AvgIpc) is 2.75. The van der Waals surface area contributed by atoms with E-state index >= 15 is 0 Å². The van der Waals surface area contributed by atoms with Crippen molar-refractivity contribution >= 4 is 5.78 Å². The number of Topliss-reactive ketones (excluding diaryl/α,β-unsaturated/α-hetero) is 1. The molecule has 0 amide bonds. The third-order valence-electron chi connectivity index (χ3n) is 7.05. The van der Waals surface area contributed by atoms with Crippen molar-refractivity contribution in [2.24, 2.45) is 5.92 Å². The van der Waals surface area contributed by atoms with Crippen LogP contribution in [-0.4, -0.2) is 11.9 Å². The third kappa shape index (κ3) is 5.70. The van der Waals surface area contributed by atoms with E-state index in [2.05, 4.69) is 90.9 Å². The minimum atomic E-state index is 0.000681. The largest absolute Gasteiger partial charge is 0.369 e. The highest BCUT2D eigenvalue weighted by atomic mass is 16.5. The Morgan fingerprint density at radius 1 is 0.875 bits per heavy atom. The van der Waals surface area contributed by atoms with Crippen LogP contribution in [-0.2, 0) is 16.0 Å². The second-order valence-electron chi connectivity index (χ2n) is 10.5. The summed E-state index contributed by atoms with van der Waals surface area (Å²) < 4.78 is 6.62. The highest BCUT2D eigenvalue weighted by Gasteiger charge is 2.41. The first-order chi connectivity index (χ1) is 15.2. The van der Waals surface area contributed by atoms with Gasteiger partial charge in [-0.05, 0) is 71.8 Å². The first-order valence-corrected chi connectivity index (χ1v) is 12.6. The van der Waals surface area contributed by atoms with Crippen LogP contribution in [0.2, 0.25) is 0 Å². The summed E-state index contributed by atoms with van der Waals surface area (Å²) in [4.78, 5) is 12.4. The Balaban J connectivity index is 1.74. The van der Waals surface area contributed by atoms with Crippen LogP contribution in [0.1, 0.15) is 119 Å². The van der Waals surface area contributed by atoms with Gasteiger partial charge in [0.15, 0.2) is 0 Å². The Morgan fingerprint density at radius 2 is 1.47 bits per heavy atom. The van der Waals surface area contributed by atoms with E-state index in [1.165, 1.54) is 27.8 Å². The molecule has 1 aliphatic rings. The number of aryl methyl sites for hydroxylation is 1. The second-order valence-corrected chi connectivity index (χ2v) is 10.5. The number of rotatable bonds is 10. The summed E-state index contributed by atoms with van der Waals surface area (Å²) >= 11 is 0. The molecule has 2 aromatic rings. The zero-order chi connectivity index (χ0) is 23.4. The first-order valence-electron chi connectivity index (χ1n) is 12.6. The highest BCUT2D eigenvalue weighted by Crippen LogP contribution is 2.40. The molecule has 174 valence electrons. The fourth-order valence-electron chi connectivity index (χ4n) is 5.01. The molecule has 2 heteroatoms. The summed E-state index contributed by atoms with van der Waals surface area (Å²) in [6, 6.07) is 15.3. The minimum Gasteiger partial charge on any atom is -0.369 e. The van der Waals surface area contributed by atoms with Crippen molar-refractivity contribution in [3.63, 3.8) is 0 Å². The van der Waals surface area contributed by atoms with Crippen molar-refractivity contribution < 1.29 is 9.53 Å². The zero-order valence-corrected chi connectivity index (χ0v) is 21.2. The molecule has 1 aliphatic carbocycles. The van der Waals surface area contributed by atoms with Crippen LogP contribution in [0.25, 0.3) is 0 Å². The van der Waals surface area contributed by atoms with Crippen LogP contribution in [0.5, 0.6) is 0 Å². The van der Waals surface area contributed by atoms with E-state index in [0.29, 0.717) is 30.0 Å². The van der Waals surface area contributed by atoms with Crippen LogP contribution < -0.4 is 0 Å². The van der Waals surface area contributed by atoms with Gasteiger partial charge in [-0.25, -0.2) is 0 Å². The molecular formula is C30H42O2. The molecule has 3 atom stereocenters. The molecule has 3 rings (SSSR count). The van der Waals surface area contributed by atoms with Gasteiger partial charge in [0.1, 0.15) is 5.78 Å². The number of benzene rings is 2. The SMILES string of the molecule is CC(C)c1cc(C(C)C)c([C@H](C)O[C@@H]2CC(=O)[C@@H]2CCCc2ccccc2)c(C(C)C)c1. The lowest BCUT2D eigenvalue weighted by molar-refractivity contribution is -0.151. The monoisotopic (exact) mass is 434 g/mol. The first kappa shape index (κ1) is 24.7. The van der Waals surface area contributed by atoms with E-state index in [0.717, 1.165) is 19.3 Å². The number of carbonyl (C=O) groups excluding carboxylic acids is 1. The van der Waals surface area contributed by atoms with Gasteiger partial charge >= 0.3 is 0 Å². The number of hydrogen-bond donors (Lipinski definition) is 0. The maximum absolute atomic E-state index is 12.4. The van der Waals surface area contributed by atoms with Gasteiger partial charge < -0.3 is 4.74 Å². The van der Waals surface area contributed by atoms with Crippen molar-refractivity contribution in [3.8, 4) is 0 Å². The molecule has 2 nitrogen and oxygen atoms in total. The molecule has 1 fully saturated rings. The van der Waals surface area contributed by atoms with Gasteiger partial charge in [-0.2, -0.15) is 0 Å². The normalized spacial score (nSPS) is 19.6. The molecule has 0 bridgehead atoms. The lowest BCUT2D eigenvalue weighted by Gasteiger charge is -2.38. The Labute approximate surface area is 195 Å². The molecule has 0 heterocycles. The molecule has 2 aromatic carbocycles. The molecule has 0 radical (unpaired) electrons. The quantitative estimate of drug-likeness (QED) is 0.377. The Morgan fingerprint density at radius 3 is 1.97 bits per heavy atom. The number of carbonyl (C=O) groups is 1. The highest BCUT2D eigenvalue weighted by molar-refractivity contribution is 5.88. The summed E-state index contributed by atoms with van der Waals surface area (Å²) in [5.41, 5.74) is 6.91. The predicted molar refractivity (Wildman–Crippen MR) is 134 cm³/mol. The lowest BCUT2D eigenvalue weighted by Crippen LogP contribution is -2.44. The van der Waals surface area contributed by atoms with Crippen LogP contribution in [0.3, 0.4) is 0 Å². The molecule has 1 saturated carbocycles. The Hall–Kier alpha value is -1.93. The molecule has 0 N–H and O–H groups in total. The lowest BCUT2D eigenvalue weighted by atomic mass is 9.76. The van der Waals surface area contributed by atoms with Crippen LogP contribution in [0.15, 0.2) is 42.5 Å². The number of ether oxygens (including phenoxy) is 1. The van der Waals surface area contributed by atoms with E-state index < -0.39 is 0 Å². The fraction of sp³-hybridized carbons (Fsp3) is 0.567. The summed E-state index contributed by atoms with van der Waals surface area (Å²) in [5.74, 6) is 1.82. The molecule has 0 saturated heterocycles. The van der Waals surface area contributed by atoms with Crippen LogP contribution in [0.4, 0.5) is 0 Å². The van der Waals surface area contributed by atoms with Crippen LogP contribution in [0, 0.1) is 5.92 Å². The van der Waals surface area contributed by atoms with Crippen molar-refractivity contribution in [1.29, 1.82) is 0 Å². The fourth-order valence-corrected chi connectivity index (χ4v) is 5.01. The van der Waals surface area contributed by atoms with Gasteiger partial charge in [0, 0.05) is 12.3 Å².